The highest BCUT2D eigenvalue weighted by Gasteiger charge is 2.27. The van der Waals surface area contributed by atoms with Crippen LogP contribution in [0.2, 0.25) is 0 Å². The predicted molar refractivity (Wildman–Crippen MR) is 64.8 cm³/mol. The molecule has 0 aliphatic heterocycles. The van der Waals surface area contributed by atoms with Gasteiger partial charge in [-0.05, 0) is 31.9 Å². The van der Waals surface area contributed by atoms with Crippen LogP contribution in [-0.2, 0) is 0 Å². The van der Waals surface area contributed by atoms with Gasteiger partial charge in [-0.3, -0.25) is 9.78 Å². The number of pyridine rings is 1. The van der Waals surface area contributed by atoms with Crippen LogP contribution >= 0.6 is 0 Å². The van der Waals surface area contributed by atoms with Crippen LogP contribution in [0.15, 0.2) is 29.3 Å². The first-order valence-corrected chi connectivity index (χ1v) is 5.77. The highest BCUT2D eigenvalue weighted by atomic mass is 16.1. The van der Waals surface area contributed by atoms with E-state index in [4.69, 9.17) is 0 Å². The summed E-state index contributed by atoms with van der Waals surface area (Å²) in [6.45, 7) is 1.80. The minimum atomic E-state index is -0.0410. The Bertz CT molecular complexity index is 600. The van der Waals surface area contributed by atoms with E-state index in [1.807, 2.05) is 12.1 Å². The van der Waals surface area contributed by atoms with Crippen LogP contribution in [0, 0.1) is 6.92 Å². The average Bonchev–Trinajstić information content (AvgIpc) is 3.18. The van der Waals surface area contributed by atoms with Crippen molar-refractivity contribution in [3.05, 3.63) is 46.3 Å². The van der Waals surface area contributed by atoms with Gasteiger partial charge in [-0.1, -0.05) is 0 Å². The van der Waals surface area contributed by atoms with E-state index in [2.05, 4.69) is 15.0 Å². The van der Waals surface area contributed by atoms with Crippen molar-refractivity contribution >= 4 is 0 Å². The second-order valence-corrected chi connectivity index (χ2v) is 4.44. The minimum Gasteiger partial charge on any atom is -0.310 e. The maximum atomic E-state index is 11.9. The Morgan fingerprint density at radius 1 is 1.41 bits per heavy atom. The highest BCUT2D eigenvalue weighted by Crippen LogP contribution is 2.38. The van der Waals surface area contributed by atoms with E-state index in [0.29, 0.717) is 11.5 Å². The van der Waals surface area contributed by atoms with Gasteiger partial charge in [-0.15, -0.1) is 0 Å². The first kappa shape index (κ1) is 10.2. The molecule has 17 heavy (non-hydrogen) atoms. The van der Waals surface area contributed by atoms with Gasteiger partial charge in [-0.25, -0.2) is 4.98 Å². The van der Waals surface area contributed by atoms with E-state index in [0.717, 1.165) is 29.9 Å². The van der Waals surface area contributed by atoms with Crippen molar-refractivity contribution in [1.29, 1.82) is 0 Å². The van der Waals surface area contributed by atoms with Gasteiger partial charge in [0, 0.05) is 29.4 Å². The zero-order valence-electron chi connectivity index (χ0n) is 9.60. The molecule has 1 saturated carbocycles. The minimum absolute atomic E-state index is 0.0410. The molecule has 4 nitrogen and oxygen atoms in total. The van der Waals surface area contributed by atoms with Gasteiger partial charge in [0.15, 0.2) is 0 Å². The molecule has 2 heterocycles. The first-order valence-electron chi connectivity index (χ1n) is 5.77. The summed E-state index contributed by atoms with van der Waals surface area (Å²) in [4.78, 5) is 23.4. The molecule has 0 atom stereocenters. The zero-order chi connectivity index (χ0) is 11.8. The predicted octanol–water partition coefficient (Wildman–Crippen LogP) is 2.02. The van der Waals surface area contributed by atoms with Crippen molar-refractivity contribution in [3.8, 4) is 11.3 Å². The third-order valence-corrected chi connectivity index (χ3v) is 3.07. The number of nitrogens with one attached hydrogen (secondary N) is 1. The van der Waals surface area contributed by atoms with Gasteiger partial charge in [-0.2, -0.15) is 0 Å². The van der Waals surface area contributed by atoms with E-state index in [9.17, 15) is 4.79 Å². The SMILES string of the molecule is Cc1c(-c2cccnc2)nc(C2CC2)[nH]c1=O. The molecule has 0 spiro atoms. The van der Waals surface area contributed by atoms with Crippen molar-refractivity contribution < 1.29 is 0 Å². The van der Waals surface area contributed by atoms with Crippen LogP contribution in [0.25, 0.3) is 11.3 Å². The lowest BCUT2D eigenvalue weighted by Gasteiger charge is -2.06. The summed E-state index contributed by atoms with van der Waals surface area (Å²) < 4.78 is 0. The number of hydrogen-bond donors (Lipinski definition) is 1. The highest BCUT2D eigenvalue weighted by molar-refractivity contribution is 5.61. The lowest BCUT2D eigenvalue weighted by Crippen LogP contribution is -2.15. The molecule has 86 valence electrons. The fraction of sp³-hybridized carbons (Fsp3) is 0.308. The quantitative estimate of drug-likeness (QED) is 0.853. The van der Waals surface area contributed by atoms with Gasteiger partial charge >= 0.3 is 0 Å². The van der Waals surface area contributed by atoms with E-state index in [1.54, 1.807) is 19.3 Å². The second kappa shape index (κ2) is 3.80. The normalized spacial score (nSPS) is 14.9. The van der Waals surface area contributed by atoms with E-state index < -0.39 is 0 Å². The summed E-state index contributed by atoms with van der Waals surface area (Å²) in [5.74, 6) is 1.26. The summed E-state index contributed by atoms with van der Waals surface area (Å²) in [5.41, 5.74) is 2.27. The molecule has 0 amide bonds. The molecule has 0 aromatic carbocycles. The lowest BCUT2D eigenvalue weighted by molar-refractivity contribution is 0.900. The number of aromatic amines is 1. The molecule has 2 aromatic heterocycles. The molecule has 1 fully saturated rings. The van der Waals surface area contributed by atoms with Crippen LogP contribution in [0.4, 0.5) is 0 Å². The van der Waals surface area contributed by atoms with Crippen LogP contribution in [0.1, 0.15) is 30.1 Å². The molecule has 0 radical (unpaired) electrons. The number of rotatable bonds is 2. The fourth-order valence-corrected chi connectivity index (χ4v) is 1.88. The molecule has 0 unspecified atom stereocenters. The second-order valence-electron chi connectivity index (χ2n) is 4.44. The van der Waals surface area contributed by atoms with Crippen LogP contribution in [0.5, 0.6) is 0 Å². The molecule has 2 aromatic rings. The third-order valence-electron chi connectivity index (χ3n) is 3.07. The lowest BCUT2D eigenvalue weighted by atomic mass is 10.1. The van der Waals surface area contributed by atoms with Gasteiger partial charge in [0.25, 0.3) is 5.56 Å². The summed E-state index contributed by atoms with van der Waals surface area (Å²) in [6, 6.07) is 3.78. The Morgan fingerprint density at radius 3 is 2.88 bits per heavy atom. The topological polar surface area (TPSA) is 58.6 Å². The average molecular weight is 227 g/mol. The molecule has 0 bridgehead atoms. The summed E-state index contributed by atoms with van der Waals surface area (Å²) in [6.07, 6.45) is 5.70. The van der Waals surface area contributed by atoms with Crippen LogP contribution in [0.3, 0.4) is 0 Å². The van der Waals surface area contributed by atoms with E-state index in [1.165, 1.54) is 0 Å². The van der Waals surface area contributed by atoms with Gasteiger partial charge in [0.1, 0.15) is 5.82 Å². The maximum absolute atomic E-state index is 11.9. The number of H-pyrrole nitrogens is 1. The van der Waals surface area contributed by atoms with Crippen molar-refractivity contribution in [1.82, 2.24) is 15.0 Å². The Kier molecular flexibility index (Phi) is 2.28. The third kappa shape index (κ3) is 1.86. The molecule has 1 aliphatic carbocycles. The fourth-order valence-electron chi connectivity index (χ4n) is 1.88. The van der Waals surface area contributed by atoms with Crippen molar-refractivity contribution in [2.45, 2.75) is 25.7 Å². The molecule has 1 aliphatic rings. The van der Waals surface area contributed by atoms with Crippen molar-refractivity contribution in [3.63, 3.8) is 0 Å². The monoisotopic (exact) mass is 227 g/mol. The standard InChI is InChI=1S/C13H13N3O/c1-8-11(10-3-2-6-14-7-10)15-12(9-4-5-9)16-13(8)17/h2-3,6-7,9H,4-5H2,1H3,(H,15,16,17). The number of aromatic nitrogens is 3. The number of hydrogen-bond acceptors (Lipinski definition) is 3. The largest absolute Gasteiger partial charge is 0.310 e. The zero-order valence-corrected chi connectivity index (χ0v) is 9.60. The Hall–Kier alpha value is -1.97. The maximum Gasteiger partial charge on any atom is 0.254 e. The van der Waals surface area contributed by atoms with Gasteiger partial charge < -0.3 is 4.98 Å². The first-order chi connectivity index (χ1) is 8.25. The molecular formula is C13H13N3O. The van der Waals surface area contributed by atoms with Crippen LogP contribution < -0.4 is 5.56 Å². The molecule has 1 N–H and O–H groups in total. The molecular weight excluding hydrogens is 214 g/mol. The van der Waals surface area contributed by atoms with Crippen LogP contribution in [-0.4, -0.2) is 15.0 Å². The Morgan fingerprint density at radius 2 is 2.24 bits per heavy atom. The van der Waals surface area contributed by atoms with Gasteiger partial charge in [0.2, 0.25) is 0 Å². The van der Waals surface area contributed by atoms with Crippen molar-refractivity contribution in [2.24, 2.45) is 0 Å². The summed E-state index contributed by atoms with van der Waals surface area (Å²) in [5, 5.41) is 0. The molecule has 0 saturated heterocycles. The van der Waals surface area contributed by atoms with Gasteiger partial charge in [0.05, 0.1) is 5.69 Å². The van der Waals surface area contributed by atoms with E-state index in [-0.39, 0.29) is 5.56 Å². The molecule has 4 heteroatoms. The molecule has 3 rings (SSSR count). The smallest absolute Gasteiger partial charge is 0.254 e. The summed E-state index contributed by atoms with van der Waals surface area (Å²) >= 11 is 0. The number of nitrogens with zero attached hydrogens (tertiary/aromatic N) is 2. The van der Waals surface area contributed by atoms with Crippen molar-refractivity contribution in [2.75, 3.05) is 0 Å². The van der Waals surface area contributed by atoms with E-state index >= 15 is 0 Å². The Labute approximate surface area is 98.8 Å². The Balaban J connectivity index is 2.18. The summed E-state index contributed by atoms with van der Waals surface area (Å²) in [7, 11) is 0.